The molecule has 0 spiro atoms. The van der Waals surface area contributed by atoms with E-state index in [1.165, 1.54) is 12.3 Å². The monoisotopic (exact) mass is 329 g/mol. The summed E-state index contributed by atoms with van der Waals surface area (Å²) in [5.41, 5.74) is 6.16. The molecule has 120 valence electrons. The Labute approximate surface area is 124 Å². The van der Waals surface area contributed by atoms with Gasteiger partial charge in [-0.05, 0) is 12.6 Å². The van der Waals surface area contributed by atoms with Gasteiger partial charge in [-0.1, -0.05) is 18.5 Å². The van der Waals surface area contributed by atoms with Crippen LogP contribution in [0.4, 0.5) is 23.4 Å². The number of halogens is 5. The van der Waals surface area contributed by atoms with Crippen LogP contribution in [0.1, 0.15) is 18.5 Å². The molecular formula is C12H16ClF4N3O. The van der Waals surface area contributed by atoms with Crippen LogP contribution < -0.4 is 11.1 Å². The Balaban J connectivity index is 2.72. The summed E-state index contributed by atoms with van der Waals surface area (Å²) in [6.07, 6.45) is -2.43. The third-order valence-corrected chi connectivity index (χ3v) is 2.85. The van der Waals surface area contributed by atoms with E-state index >= 15 is 0 Å². The minimum Gasteiger partial charge on any atom is -0.383 e. The first kappa shape index (κ1) is 17.9. The van der Waals surface area contributed by atoms with Crippen molar-refractivity contribution in [2.75, 3.05) is 25.5 Å². The molecule has 3 N–H and O–H groups in total. The van der Waals surface area contributed by atoms with Crippen LogP contribution in [0, 0.1) is 0 Å². The first-order chi connectivity index (χ1) is 9.77. The van der Waals surface area contributed by atoms with Gasteiger partial charge in [0, 0.05) is 11.8 Å². The number of hydrogen-bond donors (Lipinski definition) is 2. The van der Waals surface area contributed by atoms with Gasteiger partial charge in [0.2, 0.25) is 0 Å². The first-order valence-electron chi connectivity index (χ1n) is 6.16. The van der Waals surface area contributed by atoms with Crippen molar-refractivity contribution >= 4 is 17.4 Å². The minimum atomic E-state index is -4.19. The highest BCUT2D eigenvalue weighted by Gasteiger charge is 2.41. The van der Waals surface area contributed by atoms with Crippen LogP contribution in [0.25, 0.3) is 0 Å². The van der Waals surface area contributed by atoms with Gasteiger partial charge in [0.1, 0.15) is 12.4 Å². The molecule has 1 heterocycles. The highest BCUT2D eigenvalue weighted by atomic mass is 35.5. The molecule has 1 atom stereocenters. The van der Waals surface area contributed by atoms with Gasteiger partial charge in [0.05, 0.1) is 17.7 Å². The third kappa shape index (κ3) is 5.29. The van der Waals surface area contributed by atoms with Gasteiger partial charge in [-0.3, -0.25) is 0 Å². The summed E-state index contributed by atoms with van der Waals surface area (Å²) in [4.78, 5) is 3.85. The second kappa shape index (κ2) is 7.77. The van der Waals surface area contributed by atoms with Crippen molar-refractivity contribution in [2.24, 2.45) is 0 Å². The molecule has 0 aliphatic rings. The van der Waals surface area contributed by atoms with Crippen molar-refractivity contribution in [3.8, 4) is 0 Å². The van der Waals surface area contributed by atoms with E-state index < -0.39 is 25.0 Å². The van der Waals surface area contributed by atoms with Gasteiger partial charge in [-0.2, -0.15) is 8.78 Å². The summed E-state index contributed by atoms with van der Waals surface area (Å²) >= 11 is 5.80. The summed E-state index contributed by atoms with van der Waals surface area (Å²) < 4.78 is 54.3. The Bertz CT molecular complexity index is 462. The molecule has 0 saturated heterocycles. The highest BCUT2D eigenvalue weighted by Crippen LogP contribution is 2.25. The number of likely N-dealkylation sites (N-methyl/N-ethyl adjacent to an activating group) is 1. The number of pyridine rings is 1. The van der Waals surface area contributed by atoms with Crippen LogP contribution in [0.3, 0.4) is 0 Å². The van der Waals surface area contributed by atoms with E-state index in [1.807, 2.05) is 0 Å². The summed E-state index contributed by atoms with van der Waals surface area (Å²) in [5.74, 6) is -4.02. The molecule has 0 radical (unpaired) electrons. The maximum absolute atomic E-state index is 12.8. The molecule has 21 heavy (non-hydrogen) atoms. The number of nitrogens with zero attached hydrogens (tertiary/aromatic N) is 1. The standard InChI is InChI=1S/C12H16ClF4N3O/c1-2-19-9(5-21-6-12(16,17)11(14)15)8-3-7(13)4-20-10(8)18/h3-4,9,11,19H,2,5-6H2,1H3,(H2,18,20). The number of ether oxygens (including phenoxy) is 1. The Morgan fingerprint density at radius 3 is 2.71 bits per heavy atom. The topological polar surface area (TPSA) is 60.2 Å². The summed E-state index contributed by atoms with van der Waals surface area (Å²) in [5, 5.41) is 3.27. The lowest BCUT2D eigenvalue weighted by Crippen LogP contribution is -2.34. The molecule has 1 rings (SSSR count). The molecule has 0 fully saturated rings. The fourth-order valence-corrected chi connectivity index (χ4v) is 1.79. The molecule has 0 aliphatic carbocycles. The fraction of sp³-hybridized carbons (Fsp3) is 0.583. The average Bonchev–Trinajstić information content (AvgIpc) is 2.40. The minimum absolute atomic E-state index is 0.162. The summed E-state index contributed by atoms with van der Waals surface area (Å²) in [6, 6.07) is 0.945. The van der Waals surface area contributed by atoms with E-state index in [4.69, 9.17) is 22.1 Å². The van der Waals surface area contributed by atoms with Gasteiger partial charge in [-0.15, -0.1) is 0 Å². The van der Waals surface area contributed by atoms with E-state index in [0.717, 1.165) is 0 Å². The second-order valence-electron chi connectivity index (χ2n) is 4.32. The molecule has 0 aromatic carbocycles. The maximum Gasteiger partial charge on any atom is 0.330 e. The lowest BCUT2D eigenvalue weighted by molar-refractivity contribution is -0.167. The van der Waals surface area contributed by atoms with E-state index in [0.29, 0.717) is 17.1 Å². The number of nitrogen functional groups attached to an aromatic ring is 1. The van der Waals surface area contributed by atoms with Crippen LogP contribution in [-0.2, 0) is 4.74 Å². The molecule has 1 aromatic heterocycles. The Kier molecular flexibility index (Phi) is 6.63. The number of alkyl halides is 4. The predicted molar refractivity (Wildman–Crippen MR) is 71.8 cm³/mol. The average molecular weight is 330 g/mol. The van der Waals surface area contributed by atoms with Crippen molar-refractivity contribution in [3.05, 3.63) is 22.8 Å². The van der Waals surface area contributed by atoms with Crippen LogP contribution in [0.5, 0.6) is 0 Å². The normalized spacial score (nSPS) is 13.7. The van der Waals surface area contributed by atoms with Crippen molar-refractivity contribution < 1.29 is 22.3 Å². The van der Waals surface area contributed by atoms with Gasteiger partial charge in [0.15, 0.2) is 0 Å². The molecule has 0 amide bonds. The van der Waals surface area contributed by atoms with E-state index in [1.54, 1.807) is 6.92 Å². The Hall–Kier alpha value is -1.12. The number of nitrogens with one attached hydrogen (secondary N) is 1. The van der Waals surface area contributed by atoms with Crippen molar-refractivity contribution in [3.63, 3.8) is 0 Å². The molecule has 1 unspecified atom stereocenters. The quantitative estimate of drug-likeness (QED) is 0.720. The lowest BCUT2D eigenvalue weighted by Gasteiger charge is -2.21. The lowest BCUT2D eigenvalue weighted by atomic mass is 10.1. The zero-order valence-corrected chi connectivity index (χ0v) is 12.0. The van der Waals surface area contributed by atoms with Crippen LogP contribution in [0.15, 0.2) is 12.3 Å². The number of aromatic nitrogens is 1. The number of anilines is 1. The smallest absolute Gasteiger partial charge is 0.330 e. The Morgan fingerprint density at radius 1 is 1.48 bits per heavy atom. The number of hydrogen-bond acceptors (Lipinski definition) is 4. The first-order valence-corrected chi connectivity index (χ1v) is 6.53. The Morgan fingerprint density at radius 2 is 2.14 bits per heavy atom. The predicted octanol–water partition coefficient (Wildman–Crippen LogP) is 2.88. The zero-order chi connectivity index (χ0) is 16.0. The van der Waals surface area contributed by atoms with Crippen LogP contribution in [-0.4, -0.2) is 37.1 Å². The SMILES string of the molecule is CCNC(COCC(F)(F)C(F)F)c1cc(Cl)cnc1N. The molecule has 0 bridgehead atoms. The van der Waals surface area contributed by atoms with Gasteiger partial charge in [-0.25, -0.2) is 13.8 Å². The molecular weight excluding hydrogens is 314 g/mol. The van der Waals surface area contributed by atoms with Crippen LogP contribution in [0.2, 0.25) is 5.02 Å². The molecule has 0 aliphatic heterocycles. The zero-order valence-electron chi connectivity index (χ0n) is 11.3. The van der Waals surface area contributed by atoms with E-state index in [9.17, 15) is 17.6 Å². The molecule has 9 heteroatoms. The summed E-state index contributed by atoms with van der Waals surface area (Å²) in [7, 11) is 0. The van der Waals surface area contributed by atoms with Gasteiger partial charge < -0.3 is 15.8 Å². The molecule has 0 saturated carbocycles. The summed E-state index contributed by atoms with van der Waals surface area (Å²) in [6.45, 7) is 0.642. The molecule has 1 aromatic rings. The second-order valence-corrected chi connectivity index (χ2v) is 4.75. The third-order valence-electron chi connectivity index (χ3n) is 2.64. The van der Waals surface area contributed by atoms with Crippen LogP contribution >= 0.6 is 11.6 Å². The van der Waals surface area contributed by atoms with Gasteiger partial charge in [0.25, 0.3) is 0 Å². The fourth-order valence-electron chi connectivity index (χ4n) is 1.63. The van der Waals surface area contributed by atoms with Crippen molar-refractivity contribution in [2.45, 2.75) is 25.3 Å². The van der Waals surface area contributed by atoms with Crippen molar-refractivity contribution in [1.82, 2.24) is 10.3 Å². The van der Waals surface area contributed by atoms with Crippen molar-refractivity contribution in [1.29, 1.82) is 0 Å². The maximum atomic E-state index is 12.8. The number of rotatable bonds is 8. The van der Waals surface area contributed by atoms with Gasteiger partial charge >= 0.3 is 12.3 Å². The van der Waals surface area contributed by atoms with E-state index in [2.05, 4.69) is 10.3 Å². The number of nitrogens with two attached hydrogens (primary N) is 1. The molecule has 4 nitrogen and oxygen atoms in total. The largest absolute Gasteiger partial charge is 0.383 e. The van der Waals surface area contributed by atoms with E-state index in [-0.39, 0.29) is 12.4 Å². The highest BCUT2D eigenvalue weighted by molar-refractivity contribution is 6.30.